The largest absolute Gasteiger partial charge is 0.347 e. The van der Waals surface area contributed by atoms with Crippen molar-refractivity contribution in [2.24, 2.45) is 0 Å². The zero-order valence-corrected chi connectivity index (χ0v) is 10.9. The second kappa shape index (κ2) is 5.08. The predicted molar refractivity (Wildman–Crippen MR) is 74.0 cm³/mol. The van der Waals surface area contributed by atoms with E-state index >= 15 is 0 Å². The molecule has 0 radical (unpaired) electrons. The quantitative estimate of drug-likeness (QED) is 0.754. The maximum absolute atomic E-state index is 12.3. The lowest BCUT2D eigenvalue weighted by atomic mass is 10.1. The van der Waals surface area contributed by atoms with Crippen molar-refractivity contribution in [3.05, 3.63) is 53.9 Å². The van der Waals surface area contributed by atoms with Gasteiger partial charge in [0.15, 0.2) is 5.65 Å². The van der Waals surface area contributed by atoms with Crippen LogP contribution in [0.4, 0.5) is 0 Å². The van der Waals surface area contributed by atoms with Crippen molar-refractivity contribution in [2.75, 3.05) is 0 Å². The van der Waals surface area contributed by atoms with Crippen LogP contribution in [0, 0.1) is 6.92 Å². The molecule has 3 aromatic heterocycles. The number of aryl methyl sites for hydroxylation is 1. The fourth-order valence-electron chi connectivity index (χ4n) is 2.02. The molecule has 0 aliphatic rings. The van der Waals surface area contributed by atoms with Gasteiger partial charge in [-0.25, -0.2) is 15.0 Å². The van der Waals surface area contributed by atoms with Gasteiger partial charge in [0.25, 0.3) is 5.91 Å². The number of pyridine rings is 2. The molecule has 0 unspecified atom stereocenters. The third-order valence-electron chi connectivity index (χ3n) is 2.95. The van der Waals surface area contributed by atoms with Gasteiger partial charge in [0.1, 0.15) is 0 Å². The molecule has 3 rings (SSSR count). The maximum Gasteiger partial charge on any atom is 0.252 e. The molecule has 1 amide bonds. The van der Waals surface area contributed by atoms with Crippen LogP contribution in [-0.2, 0) is 6.54 Å². The maximum atomic E-state index is 12.3. The van der Waals surface area contributed by atoms with Gasteiger partial charge in [0.2, 0.25) is 0 Å². The summed E-state index contributed by atoms with van der Waals surface area (Å²) in [6.07, 6.45) is 4.93. The first kappa shape index (κ1) is 12.3. The fraction of sp³-hybridized carbons (Fsp3) is 0.143. The van der Waals surface area contributed by atoms with Crippen molar-refractivity contribution < 1.29 is 4.79 Å². The normalized spacial score (nSPS) is 10.7. The summed E-state index contributed by atoms with van der Waals surface area (Å²) in [4.78, 5) is 27.7. The summed E-state index contributed by atoms with van der Waals surface area (Å²) in [7, 11) is 0. The lowest BCUT2D eigenvalue weighted by Gasteiger charge is -2.07. The van der Waals surface area contributed by atoms with Gasteiger partial charge in [-0.05, 0) is 25.1 Å². The molecule has 3 heterocycles. The molecule has 20 heavy (non-hydrogen) atoms. The van der Waals surface area contributed by atoms with E-state index in [-0.39, 0.29) is 5.91 Å². The van der Waals surface area contributed by atoms with Gasteiger partial charge in [-0.15, -0.1) is 0 Å². The number of fused-ring (bicyclic) bond motifs is 1. The highest BCUT2D eigenvalue weighted by Crippen LogP contribution is 2.16. The summed E-state index contributed by atoms with van der Waals surface area (Å²) in [6, 6.07) is 5.41. The number of aromatic nitrogens is 4. The van der Waals surface area contributed by atoms with Crippen LogP contribution in [0.2, 0.25) is 0 Å². The number of imidazole rings is 1. The number of nitrogens with one attached hydrogen (secondary N) is 2. The Kier molecular flexibility index (Phi) is 3.12. The van der Waals surface area contributed by atoms with Crippen LogP contribution in [0.25, 0.3) is 11.0 Å². The highest BCUT2D eigenvalue weighted by atomic mass is 16.1. The van der Waals surface area contributed by atoms with E-state index in [2.05, 4.69) is 25.3 Å². The Labute approximate surface area is 115 Å². The summed E-state index contributed by atoms with van der Waals surface area (Å²) < 4.78 is 0. The van der Waals surface area contributed by atoms with Crippen LogP contribution >= 0.6 is 0 Å². The molecule has 0 aliphatic heterocycles. The number of hydrogen-bond acceptors (Lipinski definition) is 4. The molecule has 0 atom stereocenters. The molecular formula is C14H13N5O. The van der Waals surface area contributed by atoms with Crippen LogP contribution in [0.1, 0.15) is 21.7 Å². The van der Waals surface area contributed by atoms with Gasteiger partial charge < -0.3 is 10.3 Å². The van der Waals surface area contributed by atoms with Crippen LogP contribution in [-0.4, -0.2) is 25.8 Å². The van der Waals surface area contributed by atoms with Crippen molar-refractivity contribution in [1.82, 2.24) is 25.3 Å². The smallest absolute Gasteiger partial charge is 0.252 e. The molecule has 6 heteroatoms. The monoisotopic (exact) mass is 267 g/mol. The molecular weight excluding hydrogens is 254 g/mol. The van der Waals surface area contributed by atoms with E-state index in [1.807, 2.05) is 13.0 Å². The number of aromatic amines is 1. The summed E-state index contributed by atoms with van der Waals surface area (Å²) in [5.41, 5.74) is 2.79. The van der Waals surface area contributed by atoms with Crippen molar-refractivity contribution in [3.63, 3.8) is 0 Å². The number of carbonyl (C=O) groups excluding carboxylic acids is 1. The zero-order chi connectivity index (χ0) is 13.9. The minimum Gasteiger partial charge on any atom is -0.347 e. The van der Waals surface area contributed by atoms with Crippen molar-refractivity contribution in [1.29, 1.82) is 0 Å². The zero-order valence-electron chi connectivity index (χ0n) is 10.9. The van der Waals surface area contributed by atoms with Crippen LogP contribution in [0.3, 0.4) is 0 Å². The fourth-order valence-corrected chi connectivity index (χ4v) is 2.02. The minimum absolute atomic E-state index is 0.150. The molecule has 6 nitrogen and oxygen atoms in total. The Morgan fingerprint density at radius 1 is 1.45 bits per heavy atom. The molecule has 0 aliphatic carbocycles. The van der Waals surface area contributed by atoms with E-state index in [0.29, 0.717) is 17.8 Å². The van der Waals surface area contributed by atoms with Gasteiger partial charge >= 0.3 is 0 Å². The van der Waals surface area contributed by atoms with Crippen LogP contribution in [0.5, 0.6) is 0 Å². The SMILES string of the molecule is Cc1cc(C(=O)NCc2cnc[nH]2)c2cccnc2n1. The standard InChI is InChI=1S/C14H13N5O/c1-9-5-12(11-3-2-4-16-13(11)19-9)14(20)17-7-10-6-15-8-18-10/h2-6,8H,7H2,1H3,(H,15,18)(H,17,20). The van der Waals surface area contributed by atoms with Gasteiger partial charge in [-0.3, -0.25) is 4.79 Å². The number of carbonyl (C=O) groups is 1. The average molecular weight is 267 g/mol. The van der Waals surface area contributed by atoms with Gasteiger partial charge in [-0.1, -0.05) is 0 Å². The topological polar surface area (TPSA) is 83.6 Å². The lowest BCUT2D eigenvalue weighted by Crippen LogP contribution is -2.23. The minimum atomic E-state index is -0.150. The van der Waals surface area contributed by atoms with Crippen molar-refractivity contribution >= 4 is 16.9 Å². The Bertz CT molecular complexity index is 751. The number of amides is 1. The number of H-pyrrole nitrogens is 1. The van der Waals surface area contributed by atoms with Gasteiger partial charge in [-0.2, -0.15) is 0 Å². The molecule has 100 valence electrons. The lowest BCUT2D eigenvalue weighted by molar-refractivity contribution is 0.0952. The summed E-state index contributed by atoms with van der Waals surface area (Å²) in [6.45, 7) is 2.25. The third kappa shape index (κ3) is 2.35. The molecule has 0 saturated carbocycles. The second-order valence-corrected chi connectivity index (χ2v) is 4.45. The molecule has 0 spiro atoms. The molecule has 0 saturated heterocycles. The third-order valence-corrected chi connectivity index (χ3v) is 2.95. The van der Waals surface area contributed by atoms with E-state index in [4.69, 9.17) is 0 Å². The van der Waals surface area contributed by atoms with Gasteiger partial charge in [0, 0.05) is 23.5 Å². The average Bonchev–Trinajstić information content (AvgIpc) is 2.97. The number of nitrogens with zero attached hydrogens (tertiary/aromatic N) is 3. The summed E-state index contributed by atoms with van der Waals surface area (Å²) in [5, 5.41) is 3.61. The first-order valence-corrected chi connectivity index (χ1v) is 6.22. The highest BCUT2D eigenvalue weighted by Gasteiger charge is 2.12. The van der Waals surface area contributed by atoms with Crippen LogP contribution < -0.4 is 5.32 Å². The Morgan fingerprint density at radius 3 is 3.15 bits per heavy atom. The Hall–Kier alpha value is -2.76. The van der Waals surface area contributed by atoms with E-state index in [0.717, 1.165) is 16.8 Å². The molecule has 0 bridgehead atoms. The molecule has 0 fully saturated rings. The van der Waals surface area contributed by atoms with Crippen LogP contribution in [0.15, 0.2) is 36.9 Å². The van der Waals surface area contributed by atoms with Crippen molar-refractivity contribution in [2.45, 2.75) is 13.5 Å². The first-order chi connectivity index (χ1) is 9.74. The van der Waals surface area contributed by atoms with E-state index in [1.54, 1.807) is 30.9 Å². The van der Waals surface area contributed by atoms with E-state index in [1.165, 1.54) is 0 Å². The summed E-state index contributed by atoms with van der Waals surface area (Å²) in [5.74, 6) is -0.150. The van der Waals surface area contributed by atoms with Crippen molar-refractivity contribution in [3.8, 4) is 0 Å². The molecule has 3 aromatic rings. The Morgan fingerprint density at radius 2 is 2.35 bits per heavy atom. The number of hydrogen-bond donors (Lipinski definition) is 2. The Balaban J connectivity index is 1.90. The molecule has 2 N–H and O–H groups in total. The predicted octanol–water partition coefficient (Wildman–Crippen LogP) is 1.59. The highest BCUT2D eigenvalue weighted by molar-refractivity contribution is 6.05. The first-order valence-electron chi connectivity index (χ1n) is 6.22. The summed E-state index contributed by atoms with van der Waals surface area (Å²) >= 11 is 0. The van der Waals surface area contributed by atoms with E-state index < -0.39 is 0 Å². The van der Waals surface area contributed by atoms with E-state index in [9.17, 15) is 4.79 Å². The molecule has 0 aromatic carbocycles. The van der Waals surface area contributed by atoms with Gasteiger partial charge in [0.05, 0.1) is 24.1 Å². The second-order valence-electron chi connectivity index (χ2n) is 4.45. The number of rotatable bonds is 3.